The summed E-state index contributed by atoms with van der Waals surface area (Å²) in [5.74, 6) is 0.225. The van der Waals surface area contributed by atoms with Crippen LogP contribution in [0.1, 0.15) is 35.2 Å². The number of likely N-dealkylation sites (tertiary alicyclic amines) is 1. The number of nitrogens with one attached hydrogen (secondary N) is 2. The first-order valence-electron chi connectivity index (χ1n) is 5.66. The minimum atomic E-state index is -0.0837. The van der Waals surface area contributed by atoms with Crippen LogP contribution in [0, 0.1) is 0 Å². The number of hydrogen-bond donors (Lipinski definition) is 2. The average molecular weight is 231 g/mol. The Hall–Kier alpha value is -2.11. The van der Waals surface area contributed by atoms with Crippen LogP contribution in [0.25, 0.3) is 0 Å². The number of aromatic nitrogens is 4. The molecule has 2 N–H and O–H groups in total. The van der Waals surface area contributed by atoms with Crippen molar-refractivity contribution in [2.45, 2.75) is 18.9 Å². The van der Waals surface area contributed by atoms with Crippen LogP contribution in [-0.2, 0) is 0 Å². The van der Waals surface area contributed by atoms with E-state index in [4.69, 9.17) is 0 Å². The molecule has 6 nitrogen and oxygen atoms in total. The summed E-state index contributed by atoms with van der Waals surface area (Å²) in [5, 5.41) is 6.33. The van der Waals surface area contributed by atoms with Crippen molar-refractivity contribution >= 4 is 5.91 Å². The maximum absolute atomic E-state index is 12.2. The zero-order chi connectivity index (χ0) is 11.7. The molecule has 1 fully saturated rings. The molecule has 0 radical (unpaired) electrons. The molecule has 1 unspecified atom stereocenters. The Kier molecular flexibility index (Phi) is 2.40. The van der Waals surface area contributed by atoms with Crippen molar-refractivity contribution in [3.8, 4) is 0 Å². The van der Waals surface area contributed by atoms with E-state index in [1.165, 1.54) is 6.33 Å². The minimum Gasteiger partial charge on any atom is -0.363 e. The van der Waals surface area contributed by atoms with E-state index in [9.17, 15) is 4.79 Å². The van der Waals surface area contributed by atoms with Crippen LogP contribution in [-0.4, -0.2) is 37.5 Å². The van der Waals surface area contributed by atoms with Gasteiger partial charge in [0, 0.05) is 18.4 Å². The van der Waals surface area contributed by atoms with E-state index in [1.54, 1.807) is 0 Å². The van der Waals surface area contributed by atoms with Gasteiger partial charge < -0.3 is 9.88 Å². The van der Waals surface area contributed by atoms with Gasteiger partial charge in [0.2, 0.25) is 5.82 Å². The lowest BCUT2D eigenvalue weighted by atomic mass is 10.1. The van der Waals surface area contributed by atoms with Crippen molar-refractivity contribution in [2.24, 2.45) is 0 Å². The quantitative estimate of drug-likeness (QED) is 0.812. The van der Waals surface area contributed by atoms with Gasteiger partial charge in [0.1, 0.15) is 6.33 Å². The maximum atomic E-state index is 12.2. The van der Waals surface area contributed by atoms with Crippen LogP contribution in [0.15, 0.2) is 24.7 Å². The predicted molar refractivity (Wildman–Crippen MR) is 60.2 cm³/mol. The number of hydrogen-bond acceptors (Lipinski definition) is 3. The van der Waals surface area contributed by atoms with Crippen LogP contribution < -0.4 is 0 Å². The summed E-state index contributed by atoms with van der Waals surface area (Å²) in [6.07, 6.45) is 5.24. The number of carbonyl (C=O) groups excluding carboxylic acids is 1. The molecule has 1 atom stereocenters. The zero-order valence-electron chi connectivity index (χ0n) is 9.26. The lowest BCUT2D eigenvalue weighted by Crippen LogP contribution is -2.31. The highest BCUT2D eigenvalue weighted by atomic mass is 16.2. The number of carbonyl (C=O) groups is 1. The molecule has 0 saturated carbocycles. The van der Waals surface area contributed by atoms with Gasteiger partial charge in [-0.15, -0.1) is 0 Å². The minimum absolute atomic E-state index is 0.0837. The molecule has 0 aromatic carbocycles. The fraction of sp³-hybridized carbons (Fsp3) is 0.364. The number of nitrogens with zero attached hydrogens (tertiary/aromatic N) is 3. The van der Waals surface area contributed by atoms with Gasteiger partial charge in [-0.1, -0.05) is 0 Å². The highest BCUT2D eigenvalue weighted by Gasteiger charge is 2.32. The highest BCUT2D eigenvalue weighted by molar-refractivity contribution is 5.90. The lowest BCUT2D eigenvalue weighted by Gasteiger charge is -2.22. The number of H-pyrrole nitrogens is 2. The molecule has 1 aliphatic heterocycles. The summed E-state index contributed by atoms with van der Waals surface area (Å²) in [6, 6.07) is 4.09. The number of rotatable bonds is 2. The van der Waals surface area contributed by atoms with E-state index in [0.29, 0.717) is 5.82 Å². The summed E-state index contributed by atoms with van der Waals surface area (Å²) in [7, 11) is 0. The second-order valence-corrected chi connectivity index (χ2v) is 4.12. The summed E-state index contributed by atoms with van der Waals surface area (Å²) in [6.45, 7) is 0.767. The molecule has 2 aromatic heterocycles. The van der Waals surface area contributed by atoms with Gasteiger partial charge in [-0.25, -0.2) is 4.98 Å². The van der Waals surface area contributed by atoms with E-state index in [0.717, 1.165) is 25.1 Å². The standard InChI is InChI=1S/C11H13N5O/c17-11(10-13-7-14-15-10)16-6-2-4-9(16)8-3-1-5-12-8/h1,3,5,7,9,12H,2,4,6H2,(H,13,14,15). The Labute approximate surface area is 98.1 Å². The van der Waals surface area contributed by atoms with Gasteiger partial charge in [0.15, 0.2) is 0 Å². The average Bonchev–Trinajstić information content (AvgIpc) is 3.09. The Balaban J connectivity index is 1.85. The van der Waals surface area contributed by atoms with Crippen molar-refractivity contribution in [2.75, 3.05) is 6.54 Å². The summed E-state index contributed by atoms with van der Waals surface area (Å²) < 4.78 is 0. The van der Waals surface area contributed by atoms with E-state index in [2.05, 4.69) is 20.2 Å². The third-order valence-electron chi connectivity index (χ3n) is 3.11. The highest BCUT2D eigenvalue weighted by Crippen LogP contribution is 2.31. The SMILES string of the molecule is O=C(c1ncn[nH]1)N1CCCC1c1ccc[nH]1. The van der Waals surface area contributed by atoms with Crippen LogP contribution in [0.2, 0.25) is 0 Å². The molecule has 17 heavy (non-hydrogen) atoms. The van der Waals surface area contributed by atoms with Crippen LogP contribution in [0.5, 0.6) is 0 Å². The Morgan fingerprint density at radius 1 is 1.53 bits per heavy atom. The molecule has 0 spiro atoms. The van der Waals surface area contributed by atoms with E-state index in [-0.39, 0.29) is 11.9 Å². The molecule has 1 saturated heterocycles. The van der Waals surface area contributed by atoms with Gasteiger partial charge in [-0.3, -0.25) is 9.89 Å². The first-order chi connectivity index (χ1) is 8.36. The fourth-order valence-electron chi connectivity index (χ4n) is 2.33. The number of aromatic amines is 2. The second-order valence-electron chi connectivity index (χ2n) is 4.12. The molecule has 3 rings (SSSR count). The topological polar surface area (TPSA) is 77.7 Å². The Morgan fingerprint density at radius 2 is 2.47 bits per heavy atom. The fourth-order valence-corrected chi connectivity index (χ4v) is 2.33. The molecule has 3 heterocycles. The van der Waals surface area contributed by atoms with Crippen molar-refractivity contribution in [3.05, 3.63) is 36.2 Å². The maximum Gasteiger partial charge on any atom is 0.291 e. The van der Waals surface area contributed by atoms with Gasteiger partial charge in [-0.05, 0) is 25.0 Å². The Morgan fingerprint density at radius 3 is 3.18 bits per heavy atom. The third-order valence-corrected chi connectivity index (χ3v) is 3.11. The lowest BCUT2D eigenvalue weighted by molar-refractivity contribution is 0.0721. The van der Waals surface area contributed by atoms with Crippen molar-refractivity contribution in [1.82, 2.24) is 25.1 Å². The predicted octanol–water partition coefficient (Wildman–Crippen LogP) is 1.11. The molecular formula is C11H13N5O. The summed E-state index contributed by atoms with van der Waals surface area (Å²) in [5.41, 5.74) is 1.08. The van der Waals surface area contributed by atoms with E-state index < -0.39 is 0 Å². The second kappa shape index (κ2) is 4.04. The first kappa shape index (κ1) is 10.1. The molecule has 6 heteroatoms. The van der Waals surface area contributed by atoms with Gasteiger partial charge in [0.25, 0.3) is 5.91 Å². The zero-order valence-corrected chi connectivity index (χ0v) is 9.26. The molecule has 88 valence electrons. The molecular weight excluding hydrogens is 218 g/mol. The van der Waals surface area contributed by atoms with Crippen molar-refractivity contribution in [3.63, 3.8) is 0 Å². The van der Waals surface area contributed by atoms with E-state index in [1.807, 2.05) is 23.2 Å². The molecule has 0 bridgehead atoms. The normalized spacial score (nSPS) is 19.8. The molecule has 0 aliphatic carbocycles. The van der Waals surface area contributed by atoms with E-state index >= 15 is 0 Å². The van der Waals surface area contributed by atoms with Crippen LogP contribution >= 0.6 is 0 Å². The van der Waals surface area contributed by atoms with Gasteiger partial charge in [-0.2, -0.15) is 5.10 Å². The van der Waals surface area contributed by atoms with Crippen molar-refractivity contribution < 1.29 is 4.79 Å². The Bertz CT molecular complexity index is 490. The summed E-state index contributed by atoms with van der Waals surface area (Å²) >= 11 is 0. The van der Waals surface area contributed by atoms with Crippen molar-refractivity contribution in [1.29, 1.82) is 0 Å². The molecule has 2 aromatic rings. The molecule has 1 amide bonds. The monoisotopic (exact) mass is 231 g/mol. The van der Waals surface area contributed by atoms with Gasteiger partial charge >= 0.3 is 0 Å². The molecule has 1 aliphatic rings. The largest absolute Gasteiger partial charge is 0.363 e. The van der Waals surface area contributed by atoms with Gasteiger partial charge in [0.05, 0.1) is 6.04 Å². The van der Waals surface area contributed by atoms with Crippen LogP contribution in [0.3, 0.4) is 0 Å². The third kappa shape index (κ3) is 1.71. The number of amides is 1. The summed E-state index contributed by atoms with van der Waals surface area (Å²) in [4.78, 5) is 21.1. The van der Waals surface area contributed by atoms with Crippen LogP contribution in [0.4, 0.5) is 0 Å². The smallest absolute Gasteiger partial charge is 0.291 e. The first-order valence-corrected chi connectivity index (χ1v) is 5.66.